The van der Waals surface area contributed by atoms with E-state index in [0.717, 1.165) is 32.3 Å². The summed E-state index contributed by atoms with van der Waals surface area (Å²) in [6.45, 7) is 4.14. The van der Waals surface area contributed by atoms with Gasteiger partial charge in [-0.1, -0.05) is 31.2 Å². The van der Waals surface area contributed by atoms with Crippen LogP contribution in [0.25, 0.3) is 0 Å². The summed E-state index contributed by atoms with van der Waals surface area (Å²) in [4.78, 5) is 0. The van der Waals surface area contributed by atoms with Gasteiger partial charge in [0.2, 0.25) is 0 Å². The molecule has 0 aromatic carbocycles. The van der Waals surface area contributed by atoms with Crippen LogP contribution in [-0.4, -0.2) is 37.0 Å². The Morgan fingerprint density at radius 3 is 2.75 bits per heavy atom. The van der Waals surface area contributed by atoms with Crippen molar-refractivity contribution in [1.82, 2.24) is 5.32 Å². The van der Waals surface area contributed by atoms with Crippen molar-refractivity contribution in [2.45, 2.75) is 51.2 Å². The molecule has 4 atom stereocenters. The summed E-state index contributed by atoms with van der Waals surface area (Å²) in [5.41, 5.74) is 0. The molecule has 0 aliphatic heterocycles. The molecule has 3 nitrogen and oxygen atoms in total. The van der Waals surface area contributed by atoms with E-state index in [0.29, 0.717) is 31.0 Å². The smallest absolute Gasteiger partial charge is 0.0897 e. The number of allylic oxidation sites excluding steroid dienone is 3. The Labute approximate surface area is 123 Å². The summed E-state index contributed by atoms with van der Waals surface area (Å²) in [5, 5.41) is 13.4. The molecule has 0 saturated carbocycles. The summed E-state index contributed by atoms with van der Waals surface area (Å²) in [7, 11) is 0. The molecule has 0 aromatic rings. The largest absolute Gasteiger partial charge is 0.389 e. The SMILES string of the molecule is CC1CC=CCC1COCC(O)CNC1CC=CCC1. The van der Waals surface area contributed by atoms with Gasteiger partial charge in [-0.2, -0.15) is 0 Å². The van der Waals surface area contributed by atoms with Gasteiger partial charge in [-0.15, -0.1) is 0 Å². The Bertz CT molecular complexity index is 327. The highest BCUT2D eigenvalue weighted by atomic mass is 16.5. The van der Waals surface area contributed by atoms with Crippen molar-refractivity contribution < 1.29 is 9.84 Å². The van der Waals surface area contributed by atoms with E-state index in [2.05, 4.69) is 36.5 Å². The summed E-state index contributed by atoms with van der Waals surface area (Å²) < 4.78 is 5.71. The van der Waals surface area contributed by atoms with Gasteiger partial charge in [0.15, 0.2) is 0 Å². The molecule has 0 saturated heterocycles. The van der Waals surface area contributed by atoms with Crippen molar-refractivity contribution in [1.29, 1.82) is 0 Å². The molecule has 4 unspecified atom stereocenters. The van der Waals surface area contributed by atoms with E-state index in [1.807, 2.05) is 0 Å². The first-order chi connectivity index (χ1) is 9.75. The molecule has 0 spiro atoms. The molecule has 0 heterocycles. The minimum absolute atomic E-state index is 0.393. The highest BCUT2D eigenvalue weighted by molar-refractivity contribution is 4.94. The molecule has 2 rings (SSSR count). The van der Waals surface area contributed by atoms with E-state index in [-0.39, 0.29) is 0 Å². The highest BCUT2D eigenvalue weighted by Gasteiger charge is 2.19. The van der Waals surface area contributed by atoms with Crippen molar-refractivity contribution >= 4 is 0 Å². The van der Waals surface area contributed by atoms with Gasteiger partial charge in [-0.3, -0.25) is 0 Å². The van der Waals surface area contributed by atoms with Crippen LogP contribution in [0.1, 0.15) is 39.0 Å². The molecule has 0 aromatic heterocycles. The second-order valence-corrected chi connectivity index (χ2v) is 6.26. The highest BCUT2D eigenvalue weighted by Crippen LogP contribution is 2.24. The molecule has 0 bridgehead atoms. The van der Waals surface area contributed by atoms with Crippen LogP contribution >= 0.6 is 0 Å². The first kappa shape index (κ1) is 15.7. The van der Waals surface area contributed by atoms with Crippen LogP contribution in [-0.2, 0) is 4.74 Å². The zero-order chi connectivity index (χ0) is 14.2. The molecule has 2 N–H and O–H groups in total. The van der Waals surface area contributed by atoms with E-state index >= 15 is 0 Å². The number of ether oxygens (including phenoxy) is 1. The lowest BCUT2D eigenvalue weighted by Crippen LogP contribution is -2.38. The molecular formula is C17H29NO2. The minimum atomic E-state index is -0.393. The molecule has 2 aliphatic carbocycles. The average Bonchev–Trinajstić information content (AvgIpc) is 2.48. The number of hydrogen-bond acceptors (Lipinski definition) is 3. The molecular weight excluding hydrogens is 250 g/mol. The van der Waals surface area contributed by atoms with Crippen LogP contribution < -0.4 is 5.32 Å². The average molecular weight is 279 g/mol. The van der Waals surface area contributed by atoms with E-state index < -0.39 is 6.10 Å². The summed E-state index contributed by atoms with van der Waals surface area (Å²) in [6, 6.07) is 0.526. The lowest BCUT2D eigenvalue weighted by molar-refractivity contribution is 0.0118. The van der Waals surface area contributed by atoms with Gasteiger partial charge < -0.3 is 15.2 Å². The van der Waals surface area contributed by atoms with Gasteiger partial charge in [0.05, 0.1) is 19.3 Å². The number of rotatable bonds is 7. The van der Waals surface area contributed by atoms with Crippen molar-refractivity contribution in [3.05, 3.63) is 24.3 Å². The third-order valence-electron chi connectivity index (χ3n) is 4.47. The predicted octanol–water partition coefficient (Wildman–Crippen LogP) is 2.66. The maximum Gasteiger partial charge on any atom is 0.0897 e. The quantitative estimate of drug-likeness (QED) is 0.704. The third kappa shape index (κ3) is 5.39. The van der Waals surface area contributed by atoms with Gasteiger partial charge in [-0.25, -0.2) is 0 Å². The van der Waals surface area contributed by atoms with Gasteiger partial charge in [0.25, 0.3) is 0 Å². The van der Waals surface area contributed by atoms with E-state index in [4.69, 9.17) is 4.74 Å². The van der Waals surface area contributed by atoms with Gasteiger partial charge >= 0.3 is 0 Å². The van der Waals surface area contributed by atoms with E-state index in [1.54, 1.807) is 0 Å². The molecule has 0 amide bonds. The first-order valence-corrected chi connectivity index (χ1v) is 8.05. The minimum Gasteiger partial charge on any atom is -0.389 e. The van der Waals surface area contributed by atoms with Crippen LogP contribution in [0.4, 0.5) is 0 Å². The Morgan fingerprint density at radius 2 is 2.00 bits per heavy atom. The summed E-state index contributed by atoms with van der Waals surface area (Å²) >= 11 is 0. The second-order valence-electron chi connectivity index (χ2n) is 6.26. The topological polar surface area (TPSA) is 41.5 Å². The van der Waals surface area contributed by atoms with Crippen molar-refractivity contribution in [3.63, 3.8) is 0 Å². The monoisotopic (exact) mass is 279 g/mol. The third-order valence-corrected chi connectivity index (χ3v) is 4.47. The number of aliphatic hydroxyl groups excluding tert-OH is 1. The molecule has 3 heteroatoms. The van der Waals surface area contributed by atoms with Gasteiger partial charge in [0.1, 0.15) is 0 Å². The lowest BCUT2D eigenvalue weighted by Gasteiger charge is -2.26. The van der Waals surface area contributed by atoms with Crippen LogP contribution in [0.3, 0.4) is 0 Å². The zero-order valence-electron chi connectivity index (χ0n) is 12.6. The maximum atomic E-state index is 9.96. The van der Waals surface area contributed by atoms with E-state index in [9.17, 15) is 5.11 Å². The van der Waals surface area contributed by atoms with Crippen molar-refractivity contribution in [3.8, 4) is 0 Å². The molecule has 114 valence electrons. The van der Waals surface area contributed by atoms with Gasteiger partial charge in [-0.05, 0) is 43.9 Å². The van der Waals surface area contributed by atoms with Crippen molar-refractivity contribution in [2.24, 2.45) is 11.8 Å². The summed E-state index contributed by atoms with van der Waals surface area (Å²) in [6.07, 6.45) is 14.3. The predicted molar refractivity (Wildman–Crippen MR) is 82.6 cm³/mol. The van der Waals surface area contributed by atoms with Crippen LogP contribution in [0.5, 0.6) is 0 Å². The first-order valence-electron chi connectivity index (χ1n) is 8.05. The number of hydrogen-bond donors (Lipinski definition) is 2. The van der Waals surface area contributed by atoms with Crippen LogP contribution in [0.2, 0.25) is 0 Å². The molecule has 20 heavy (non-hydrogen) atoms. The Morgan fingerprint density at radius 1 is 1.20 bits per heavy atom. The molecule has 2 aliphatic rings. The van der Waals surface area contributed by atoms with Crippen LogP contribution in [0, 0.1) is 11.8 Å². The lowest BCUT2D eigenvalue weighted by atomic mass is 9.85. The molecule has 0 fully saturated rings. The second kappa shape index (κ2) is 8.60. The zero-order valence-corrected chi connectivity index (χ0v) is 12.6. The fourth-order valence-electron chi connectivity index (χ4n) is 2.94. The number of aliphatic hydroxyl groups is 1. The molecule has 0 radical (unpaired) electrons. The standard InChI is InChI=1S/C17H29NO2/c1-14-7-5-6-8-15(14)12-20-13-17(19)11-18-16-9-3-2-4-10-16/h2-3,5-6,14-19H,4,7-13H2,1H3. The van der Waals surface area contributed by atoms with E-state index in [1.165, 1.54) is 6.42 Å². The Balaban J connectivity index is 1.54. The number of nitrogens with one attached hydrogen (secondary N) is 1. The fourth-order valence-corrected chi connectivity index (χ4v) is 2.94. The normalized spacial score (nSPS) is 31.4. The summed E-state index contributed by atoms with van der Waals surface area (Å²) in [5.74, 6) is 1.31. The maximum absolute atomic E-state index is 9.96. The Hall–Kier alpha value is -0.640. The van der Waals surface area contributed by atoms with Gasteiger partial charge in [0, 0.05) is 12.6 Å². The fraction of sp³-hybridized carbons (Fsp3) is 0.765. The Kier molecular flexibility index (Phi) is 6.77. The van der Waals surface area contributed by atoms with Crippen LogP contribution in [0.15, 0.2) is 24.3 Å². The van der Waals surface area contributed by atoms with Crippen molar-refractivity contribution in [2.75, 3.05) is 19.8 Å².